The number of aromatic hydroxyl groups is 8. The van der Waals surface area contributed by atoms with Crippen LogP contribution in [-0.2, 0) is 5.41 Å². The van der Waals surface area contributed by atoms with Gasteiger partial charge < -0.3 is 45.3 Å². The number of benzene rings is 8. The highest BCUT2D eigenvalue weighted by Crippen LogP contribution is 2.63. The maximum absolute atomic E-state index is 12.0. The van der Waals surface area contributed by atoms with E-state index in [9.17, 15) is 40.9 Å². The quantitative estimate of drug-likeness (QED) is 0.0491. The molecule has 11 rings (SSSR count). The monoisotopic (exact) mass is 806 g/mol. The average molecular weight is 807 g/mol. The molecule has 8 N–H and O–H groups in total. The predicted molar refractivity (Wildman–Crippen MR) is 238 cm³/mol. The summed E-state index contributed by atoms with van der Waals surface area (Å²) < 4.78 is 6.43. The van der Waals surface area contributed by atoms with Gasteiger partial charge in [0.2, 0.25) is 23.0 Å². The molecule has 0 saturated heterocycles. The predicted octanol–water partition coefficient (Wildman–Crippen LogP) is 12.4. The molecule has 2 aliphatic rings. The van der Waals surface area contributed by atoms with Crippen LogP contribution in [0.25, 0.3) is 94.1 Å². The van der Waals surface area contributed by atoms with Gasteiger partial charge in [0.05, 0.1) is 0 Å². The zero-order chi connectivity index (χ0) is 42.4. The molecular weight excluding hydrogens is 769 g/mol. The Labute approximate surface area is 348 Å². The molecule has 1 atom stereocenters. The summed E-state index contributed by atoms with van der Waals surface area (Å²) in [6.45, 7) is 6.51. The van der Waals surface area contributed by atoms with Crippen molar-refractivity contribution in [3.05, 3.63) is 125 Å². The first-order valence-corrected chi connectivity index (χ1v) is 20.0. The van der Waals surface area contributed by atoms with E-state index >= 15 is 0 Å². The Bertz CT molecular complexity index is 3400. The fourth-order valence-corrected chi connectivity index (χ4v) is 10.1. The summed E-state index contributed by atoms with van der Waals surface area (Å²) in [5.74, 6) is -7.24. The second kappa shape index (κ2) is 12.4. The van der Waals surface area contributed by atoms with Crippen LogP contribution in [0.1, 0.15) is 55.4 Å². The topological polar surface area (TPSA) is 175 Å². The van der Waals surface area contributed by atoms with Crippen LogP contribution >= 0.6 is 0 Å². The summed E-state index contributed by atoms with van der Waals surface area (Å²) in [5.41, 5.74) is 9.65. The van der Waals surface area contributed by atoms with Gasteiger partial charge in [0, 0.05) is 48.9 Å². The Morgan fingerprint density at radius 1 is 0.492 bits per heavy atom. The zero-order valence-corrected chi connectivity index (χ0v) is 33.2. The van der Waals surface area contributed by atoms with Gasteiger partial charge in [0.15, 0.2) is 23.0 Å². The molecule has 0 fully saturated rings. The lowest BCUT2D eigenvalue weighted by molar-refractivity contribution is 0.350. The Hall–Kier alpha value is -7.78. The van der Waals surface area contributed by atoms with Gasteiger partial charge in [-0.2, -0.15) is 0 Å². The van der Waals surface area contributed by atoms with Crippen LogP contribution in [-0.4, -0.2) is 40.9 Å². The van der Waals surface area contributed by atoms with Crippen LogP contribution in [0.3, 0.4) is 0 Å². The van der Waals surface area contributed by atoms with Crippen LogP contribution in [0.15, 0.2) is 108 Å². The molecule has 9 heteroatoms. The Kier molecular flexibility index (Phi) is 7.37. The summed E-state index contributed by atoms with van der Waals surface area (Å²) in [7, 11) is 0. The molecule has 1 aromatic heterocycles. The van der Waals surface area contributed by atoms with Crippen molar-refractivity contribution in [2.45, 2.75) is 38.5 Å². The van der Waals surface area contributed by atoms with Crippen molar-refractivity contribution in [3.63, 3.8) is 0 Å². The molecule has 0 saturated carbocycles. The molecule has 0 spiro atoms. The van der Waals surface area contributed by atoms with Crippen LogP contribution in [0, 0.1) is 0 Å². The van der Waals surface area contributed by atoms with Gasteiger partial charge in [-0.3, -0.25) is 0 Å². The molecule has 1 unspecified atom stereocenters. The SMILES string of the molecule is CC1CC=Cc2cc3c(cc21)oc1cccc(-c2c4c(O)c(O)c(O)c(O)c4c(-c4cccc(-c5ccc6c(c5)C(C)(C)c5ccccc5-6)c4)c4c(O)c(O)c(O)c(O)c24)c13. The van der Waals surface area contributed by atoms with Crippen molar-refractivity contribution in [3.8, 4) is 90.5 Å². The van der Waals surface area contributed by atoms with Crippen molar-refractivity contribution in [1.82, 2.24) is 0 Å². The number of phenols is 8. The van der Waals surface area contributed by atoms with Crippen LogP contribution in [0.5, 0.6) is 46.0 Å². The number of allylic oxidation sites excluding steroid dienone is 1. The second-order valence-electron chi connectivity index (χ2n) is 16.8. The van der Waals surface area contributed by atoms with E-state index in [1.165, 1.54) is 11.1 Å². The zero-order valence-electron chi connectivity index (χ0n) is 33.2. The first-order valence-electron chi connectivity index (χ1n) is 20.0. The number of furan rings is 1. The molecule has 0 amide bonds. The molecule has 300 valence electrons. The van der Waals surface area contributed by atoms with E-state index < -0.39 is 46.0 Å². The fourth-order valence-electron chi connectivity index (χ4n) is 10.1. The number of fused-ring (bicyclic) bond motifs is 9. The normalized spacial score (nSPS) is 15.2. The maximum atomic E-state index is 12.0. The third-order valence-corrected chi connectivity index (χ3v) is 13.1. The van der Waals surface area contributed by atoms with Gasteiger partial charge in [-0.1, -0.05) is 99.7 Å². The smallest absolute Gasteiger partial charge is 0.204 e. The molecule has 9 nitrogen and oxygen atoms in total. The van der Waals surface area contributed by atoms with Gasteiger partial charge >= 0.3 is 0 Å². The lowest BCUT2D eigenvalue weighted by Gasteiger charge is -2.23. The Balaban J connectivity index is 1.26. The van der Waals surface area contributed by atoms with Gasteiger partial charge in [-0.25, -0.2) is 0 Å². The van der Waals surface area contributed by atoms with E-state index in [1.54, 1.807) is 36.4 Å². The minimum atomic E-state index is -1.03. The summed E-state index contributed by atoms with van der Waals surface area (Å²) >= 11 is 0. The Morgan fingerprint density at radius 3 is 1.75 bits per heavy atom. The van der Waals surface area contributed by atoms with E-state index in [0.717, 1.165) is 39.8 Å². The van der Waals surface area contributed by atoms with Crippen molar-refractivity contribution in [1.29, 1.82) is 0 Å². The summed E-state index contributed by atoms with van der Waals surface area (Å²) in [5, 5.41) is 93.0. The summed E-state index contributed by atoms with van der Waals surface area (Å²) in [6.07, 6.45) is 5.02. The van der Waals surface area contributed by atoms with Gasteiger partial charge in [0.25, 0.3) is 0 Å². The third-order valence-electron chi connectivity index (χ3n) is 13.1. The molecule has 0 bridgehead atoms. The first-order chi connectivity index (χ1) is 29.3. The second-order valence-corrected chi connectivity index (χ2v) is 16.8. The molecule has 61 heavy (non-hydrogen) atoms. The Morgan fingerprint density at radius 2 is 1.07 bits per heavy atom. The fraction of sp³-hybridized carbons (Fsp3) is 0.115. The highest BCUT2D eigenvalue weighted by molar-refractivity contribution is 6.31. The van der Waals surface area contributed by atoms with Crippen molar-refractivity contribution in [2.75, 3.05) is 0 Å². The van der Waals surface area contributed by atoms with E-state index in [-0.39, 0.29) is 44.0 Å². The molecular formula is C52H38O9. The highest BCUT2D eigenvalue weighted by atomic mass is 16.4. The number of rotatable bonds is 3. The first kappa shape index (κ1) is 36.3. The minimum Gasteiger partial charge on any atom is -0.504 e. The van der Waals surface area contributed by atoms with Crippen LogP contribution < -0.4 is 0 Å². The van der Waals surface area contributed by atoms with Crippen molar-refractivity contribution >= 4 is 49.6 Å². The largest absolute Gasteiger partial charge is 0.504 e. The summed E-state index contributed by atoms with van der Waals surface area (Å²) in [6, 6.07) is 30.9. The van der Waals surface area contributed by atoms with Crippen LogP contribution in [0.2, 0.25) is 0 Å². The average Bonchev–Trinajstić information content (AvgIpc) is 3.75. The lowest BCUT2D eigenvalue weighted by atomic mass is 9.81. The summed E-state index contributed by atoms with van der Waals surface area (Å²) in [4.78, 5) is 0. The van der Waals surface area contributed by atoms with Gasteiger partial charge in [-0.15, -0.1) is 0 Å². The molecule has 0 aliphatic heterocycles. The number of hydrogen-bond acceptors (Lipinski definition) is 9. The van der Waals surface area contributed by atoms with Crippen LogP contribution in [0.4, 0.5) is 0 Å². The molecule has 1 heterocycles. The van der Waals surface area contributed by atoms with E-state index in [1.807, 2.05) is 42.5 Å². The molecule has 2 aliphatic carbocycles. The molecule has 9 aromatic rings. The van der Waals surface area contributed by atoms with Crippen molar-refractivity contribution in [2.24, 2.45) is 0 Å². The molecule has 8 aromatic carbocycles. The number of phenolic OH excluding ortho intramolecular Hbond substituents is 8. The van der Waals surface area contributed by atoms with E-state index in [0.29, 0.717) is 33.1 Å². The standard InChI is InChI=1S/C52H38O9/c1-23-9-6-11-26-20-32-36(22-31(23)26)61-35-16-8-14-30(38(32)35)39-42-40(44(53)48(57)50(59)46(42)55)37(41-43(39)47(56)51(60)49(58)45(41)54)27-12-7-10-24(19-27)25-17-18-29-28-13-4-5-15-33(28)52(2,3)34(29)21-25/h4-8,10-23,53-60H,9H2,1-3H3. The van der Waals surface area contributed by atoms with Gasteiger partial charge in [-0.05, 0) is 98.3 Å². The maximum Gasteiger partial charge on any atom is 0.204 e. The highest BCUT2D eigenvalue weighted by Gasteiger charge is 2.36. The minimum absolute atomic E-state index is 0.0203. The van der Waals surface area contributed by atoms with E-state index in [4.69, 9.17) is 4.42 Å². The molecule has 0 radical (unpaired) electrons. The third kappa shape index (κ3) is 4.77. The lowest BCUT2D eigenvalue weighted by Crippen LogP contribution is -2.14. The van der Waals surface area contributed by atoms with E-state index in [2.05, 4.69) is 51.1 Å². The van der Waals surface area contributed by atoms with Crippen molar-refractivity contribution < 1.29 is 45.3 Å². The number of hydrogen-bond donors (Lipinski definition) is 8. The van der Waals surface area contributed by atoms with Gasteiger partial charge in [0.1, 0.15) is 11.2 Å².